The SMILES string of the molecule is CCCC1(C(=O)O)CCN(c2nc(C)c(C)s2)CC1. The minimum absolute atomic E-state index is 0.507. The summed E-state index contributed by atoms with van der Waals surface area (Å²) in [4.78, 5) is 19.6. The Hall–Kier alpha value is -1.10. The van der Waals surface area contributed by atoms with Crippen LogP contribution in [0, 0.1) is 19.3 Å². The topological polar surface area (TPSA) is 53.4 Å². The van der Waals surface area contributed by atoms with Crippen LogP contribution in [0.25, 0.3) is 0 Å². The lowest BCUT2D eigenvalue weighted by molar-refractivity contribution is -0.150. The molecule has 0 spiro atoms. The number of hydrogen-bond donors (Lipinski definition) is 1. The number of nitrogens with zero attached hydrogens (tertiary/aromatic N) is 2. The minimum Gasteiger partial charge on any atom is -0.481 e. The van der Waals surface area contributed by atoms with Crippen molar-refractivity contribution in [1.29, 1.82) is 0 Å². The van der Waals surface area contributed by atoms with Crippen LogP contribution in [0.15, 0.2) is 0 Å². The molecule has 0 unspecified atom stereocenters. The fourth-order valence-corrected chi connectivity index (χ4v) is 3.73. The number of aliphatic carboxylic acids is 1. The number of rotatable bonds is 4. The Morgan fingerprint density at radius 1 is 1.42 bits per heavy atom. The van der Waals surface area contributed by atoms with Crippen LogP contribution in [0.1, 0.15) is 43.2 Å². The average Bonchev–Trinajstić information content (AvgIpc) is 2.70. The number of hydrogen-bond acceptors (Lipinski definition) is 4. The first kappa shape index (κ1) is 14.3. The van der Waals surface area contributed by atoms with Crippen LogP contribution in [-0.4, -0.2) is 29.1 Å². The molecule has 19 heavy (non-hydrogen) atoms. The fourth-order valence-electron chi connectivity index (χ4n) is 2.77. The van der Waals surface area contributed by atoms with Crippen LogP contribution in [0.3, 0.4) is 0 Å². The molecular formula is C14H22N2O2S. The Balaban J connectivity index is 2.07. The second-order valence-corrected chi connectivity index (χ2v) is 6.64. The molecule has 1 aromatic heterocycles. The van der Waals surface area contributed by atoms with Crippen LogP contribution in [0.4, 0.5) is 5.13 Å². The molecule has 2 heterocycles. The molecule has 4 nitrogen and oxygen atoms in total. The Bertz CT molecular complexity index is 443. The van der Waals surface area contributed by atoms with Crippen LogP contribution in [0.2, 0.25) is 0 Å². The minimum atomic E-state index is -0.625. The predicted octanol–water partition coefficient (Wildman–Crippen LogP) is 3.23. The van der Waals surface area contributed by atoms with Crippen LogP contribution >= 0.6 is 11.3 Å². The maximum Gasteiger partial charge on any atom is 0.309 e. The normalized spacial score (nSPS) is 18.6. The van der Waals surface area contributed by atoms with Crippen molar-refractivity contribution < 1.29 is 9.90 Å². The van der Waals surface area contributed by atoms with Gasteiger partial charge in [0.05, 0.1) is 11.1 Å². The molecule has 1 aromatic rings. The third kappa shape index (κ3) is 2.76. The molecule has 0 aromatic carbocycles. The molecule has 1 aliphatic heterocycles. The highest BCUT2D eigenvalue weighted by atomic mass is 32.1. The summed E-state index contributed by atoms with van der Waals surface area (Å²) in [6.07, 6.45) is 3.18. The number of piperidine rings is 1. The summed E-state index contributed by atoms with van der Waals surface area (Å²) in [5.41, 5.74) is 0.579. The lowest BCUT2D eigenvalue weighted by Crippen LogP contribution is -2.44. The van der Waals surface area contributed by atoms with Crippen molar-refractivity contribution in [3.8, 4) is 0 Å². The van der Waals surface area contributed by atoms with E-state index in [4.69, 9.17) is 0 Å². The van der Waals surface area contributed by atoms with Crippen molar-refractivity contribution in [1.82, 2.24) is 4.98 Å². The van der Waals surface area contributed by atoms with Gasteiger partial charge in [-0.2, -0.15) is 0 Å². The van der Waals surface area contributed by atoms with E-state index in [0.717, 1.165) is 49.6 Å². The maximum atomic E-state index is 11.5. The first-order chi connectivity index (χ1) is 8.98. The third-order valence-corrected chi connectivity index (χ3v) is 5.32. The molecule has 0 amide bonds. The Labute approximate surface area is 118 Å². The average molecular weight is 282 g/mol. The van der Waals surface area contributed by atoms with E-state index >= 15 is 0 Å². The van der Waals surface area contributed by atoms with E-state index in [1.807, 2.05) is 6.92 Å². The summed E-state index contributed by atoms with van der Waals surface area (Å²) >= 11 is 1.71. The fraction of sp³-hybridized carbons (Fsp3) is 0.714. The number of carboxylic acids is 1. The number of thiazole rings is 1. The molecule has 1 fully saturated rings. The van der Waals surface area contributed by atoms with Crippen LogP contribution in [-0.2, 0) is 4.79 Å². The first-order valence-electron chi connectivity index (χ1n) is 6.91. The molecule has 106 valence electrons. The maximum absolute atomic E-state index is 11.5. The van der Waals surface area contributed by atoms with Gasteiger partial charge in [0.15, 0.2) is 5.13 Å². The van der Waals surface area contributed by atoms with E-state index in [0.29, 0.717) is 0 Å². The van der Waals surface area contributed by atoms with Crippen LogP contribution < -0.4 is 4.90 Å². The van der Waals surface area contributed by atoms with Crippen molar-refractivity contribution in [3.05, 3.63) is 10.6 Å². The lowest BCUT2D eigenvalue weighted by atomic mass is 9.75. The Morgan fingerprint density at radius 3 is 2.47 bits per heavy atom. The van der Waals surface area contributed by atoms with Gasteiger partial charge in [0, 0.05) is 18.0 Å². The smallest absolute Gasteiger partial charge is 0.309 e. The summed E-state index contributed by atoms with van der Waals surface area (Å²) in [6, 6.07) is 0. The quantitative estimate of drug-likeness (QED) is 0.921. The Kier molecular flexibility index (Phi) is 4.13. The molecule has 1 aliphatic rings. The summed E-state index contributed by atoms with van der Waals surface area (Å²) in [7, 11) is 0. The molecule has 0 aliphatic carbocycles. The van der Waals surface area contributed by atoms with Crippen LogP contribution in [0.5, 0.6) is 0 Å². The molecule has 0 bridgehead atoms. The van der Waals surface area contributed by atoms with Gasteiger partial charge in [-0.1, -0.05) is 13.3 Å². The summed E-state index contributed by atoms with van der Waals surface area (Å²) in [6.45, 7) is 7.78. The number of anilines is 1. The van der Waals surface area contributed by atoms with Gasteiger partial charge >= 0.3 is 5.97 Å². The molecule has 2 rings (SSSR count). The van der Waals surface area contributed by atoms with Gasteiger partial charge in [-0.15, -0.1) is 11.3 Å². The van der Waals surface area contributed by atoms with E-state index in [-0.39, 0.29) is 0 Å². The van der Waals surface area contributed by atoms with E-state index < -0.39 is 11.4 Å². The van der Waals surface area contributed by atoms with Crippen molar-refractivity contribution in [2.75, 3.05) is 18.0 Å². The zero-order chi connectivity index (χ0) is 14.0. The van der Waals surface area contributed by atoms with E-state index in [1.165, 1.54) is 4.88 Å². The first-order valence-corrected chi connectivity index (χ1v) is 7.72. The van der Waals surface area contributed by atoms with Crippen molar-refractivity contribution in [2.24, 2.45) is 5.41 Å². The van der Waals surface area contributed by atoms with Gasteiger partial charge in [-0.25, -0.2) is 4.98 Å². The van der Waals surface area contributed by atoms with E-state index in [9.17, 15) is 9.90 Å². The molecular weight excluding hydrogens is 260 g/mol. The molecule has 1 saturated heterocycles. The monoisotopic (exact) mass is 282 g/mol. The largest absolute Gasteiger partial charge is 0.481 e. The van der Waals surface area contributed by atoms with Gasteiger partial charge in [0.1, 0.15) is 0 Å². The highest BCUT2D eigenvalue weighted by Crippen LogP contribution is 2.38. The van der Waals surface area contributed by atoms with Gasteiger partial charge < -0.3 is 10.0 Å². The third-order valence-electron chi connectivity index (χ3n) is 4.19. The van der Waals surface area contributed by atoms with Gasteiger partial charge in [-0.05, 0) is 33.1 Å². The molecule has 1 N–H and O–H groups in total. The molecule has 0 saturated carbocycles. The summed E-state index contributed by atoms with van der Waals surface area (Å²) in [5.74, 6) is -0.625. The van der Waals surface area contributed by atoms with E-state index in [1.54, 1.807) is 11.3 Å². The van der Waals surface area contributed by atoms with Crippen molar-refractivity contribution in [3.63, 3.8) is 0 Å². The van der Waals surface area contributed by atoms with Gasteiger partial charge in [0.2, 0.25) is 0 Å². The Morgan fingerprint density at radius 2 is 2.05 bits per heavy atom. The number of carbonyl (C=O) groups is 1. The summed E-state index contributed by atoms with van der Waals surface area (Å²) < 4.78 is 0. The lowest BCUT2D eigenvalue weighted by Gasteiger charge is -2.38. The molecule has 0 radical (unpaired) electrons. The van der Waals surface area contributed by atoms with Gasteiger partial charge in [0.25, 0.3) is 0 Å². The predicted molar refractivity (Wildman–Crippen MR) is 78.0 cm³/mol. The number of aromatic nitrogens is 1. The van der Waals surface area contributed by atoms with Gasteiger partial charge in [-0.3, -0.25) is 4.79 Å². The zero-order valence-electron chi connectivity index (χ0n) is 11.9. The number of aryl methyl sites for hydroxylation is 2. The van der Waals surface area contributed by atoms with E-state index in [2.05, 4.69) is 23.7 Å². The molecule has 5 heteroatoms. The second-order valence-electron chi connectivity index (χ2n) is 5.46. The standard InChI is InChI=1S/C14H22N2O2S/c1-4-5-14(12(17)18)6-8-16(9-7-14)13-15-10(2)11(3)19-13/h4-9H2,1-3H3,(H,17,18). The summed E-state index contributed by atoms with van der Waals surface area (Å²) in [5, 5.41) is 10.5. The van der Waals surface area contributed by atoms with Crippen molar-refractivity contribution in [2.45, 2.75) is 46.5 Å². The highest BCUT2D eigenvalue weighted by molar-refractivity contribution is 7.15. The van der Waals surface area contributed by atoms with Crippen molar-refractivity contribution >= 4 is 22.4 Å². The highest BCUT2D eigenvalue weighted by Gasteiger charge is 2.41. The second kappa shape index (κ2) is 5.49. The molecule has 0 atom stereocenters. The number of carboxylic acid groups (broad SMARTS) is 1. The zero-order valence-corrected chi connectivity index (χ0v) is 12.7.